The molecule has 0 bridgehead atoms. The highest BCUT2D eigenvalue weighted by molar-refractivity contribution is 14.1. The van der Waals surface area contributed by atoms with E-state index in [2.05, 4.69) is 38.0 Å². The van der Waals surface area contributed by atoms with Crippen LogP contribution in [0.3, 0.4) is 0 Å². The molecule has 15 heavy (non-hydrogen) atoms. The van der Waals surface area contributed by atoms with Gasteiger partial charge >= 0.3 is 0 Å². The highest BCUT2D eigenvalue weighted by Crippen LogP contribution is 2.14. The number of amides is 1. The molecule has 1 amide bonds. The summed E-state index contributed by atoms with van der Waals surface area (Å²) in [7, 11) is 1.78. The van der Waals surface area contributed by atoms with Crippen molar-refractivity contribution < 1.29 is 4.79 Å². The van der Waals surface area contributed by atoms with Gasteiger partial charge in [-0.1, -0.05) is 0 Å². The Hall–Kier alpha value is -0.960. The van der Waals surface area contributed by atoms with Crippen LogP contribution in [0.5, 0.6) is 0 Å². The Morgan fingerprint density at radius 2 is 2.47 bits per heavy atom. The average molecular weight is 334 g/mol. The fourth-order valence-electron chi connectivity index (χ4n) is 1.05. The van der Waals surface area contributed by atoms with Gasteiger partial charge in [0.05, 0.1) is 3.57 Å². The first kappa shape index (κ1) is 10.6. The van der Waals surface area contributed by atoms with Crippen molar-refractivity contribution in [1.82, 2.24) is 14.8 Å². The van der Waals surface area contributed by atoms with Gasteiger partial charge in [0.25, 0.3) is 5.91 Å². The van der Waals surface area contributed by atoms with Crippen LogP contribution in [0.2, 0.25) is 0 Å². The Morgan fingerprint density at radius 3 is 3.00 bits per heavy atom. The van der Waals surface area contributed by atoms with Crippen molar-refractivity contribution in [3.8, 4) is 0 Å². The van der Waals surface area contributed by atoms with E-state index in [1.165, 1.54) is 11.3 Å². The predicted octanol–water partition coefficient (Wildman–Crippen LogP) is 1.73. The van der Waals surface area contributed by atoms with Gasteiger partial charge in [0, 0.05) is 24.8 Å². The molecule has 2 rings (SSSR count). The summed E-state index contributed by atoms with van der Waals surface area (Å²) >= 11 is 3.45. The second-order valence-corrected chi connectivity index (χ2v) is 4.85. The van der Waals surface area contributed by atoms with Gasteiger partial charge in [-0.15, -0.1) is 11.3 Å². The molecular formula is C8H7IN4OS. The summed E-state index contributed by atoms with van der Waals surface area (Å²) in [5.41, 5.74) is 0.424. The molecule has 5 nitrogen and oxygen atoms in total. The van der Waals surface area contributed by atoms with Gasteiger partial charge in [-0.05, 0) is 22.6 Å². The zero-order valence-electron chi connectivity index (χ0n) is 7.77. The number of rotatable bonds is 2. The van der Waals surface area contributed by atoms with Gasteiger partial charge in [0.15, 0.2) is 10.8 Å². The average Bonchev–Trinajstić information content (AvgIpc) is 2.75. The van der Waals surface area contributed by atoms with Crippen LogP contribution in [0, 0.1) is 3.57 Å². The van der Waals surface area contributed by atoms with Crippen molar-refractivity contribution in [2.75, 3.05) is 5.32 Å². The van der Waals surface area contributed by atoms with Crippen LogP contribution >= 0.6 is 33.9 Å². The largest absolute Gasteiger partial charge is 0.296 e. The third kappa shape index (κ3) is 2.34. The minimum Gasteiger partial charge on any atom is -0.296 e. The maximum atomic E-state index is 11.7. The Bertz CT molecular complexity index is 479. The SMILES string of the molecule is Cn1cc(I)c(C(=O)Nc2nccs2)n1. The number of thiazole rings is 1. The first-order chi connectivity index (χ1) is 7.16. The molecule has 1 N–H and O–H groups in total. The molecule has 0 aliphatic rings. The van der Waals surface area contributed by atoms with Gasteiger partial charge in [0.2, 0.25) is 0 Å². The molecule has 0 fully saturated rings. The summed E-state index contributed by atoms with van der Waals surface area (Å²) < 4.78 is 2.43. The monoisotopic (exact) mass is 334 g/mol. The number of anilines is 1. The maximum absolute atomic E-state index is 11.7. The molecule has 2 aromatic heterocycles. The lowest BCUT2D eigenvalue weighted by Crippen LogP contribution is -2.13. The van der Waals surface area contributed by atoms with Crippen LogP contribution in [0.4, 0.5) is 5.13 Å². The zero-order valence-corrected chi connectivity index (χ0v) is 10.7. The molecule has 0 spiro atoms. The second kappa shape index (κ2) is 4.27. The van der Waals surface area contributed by atoms with Gasteiger partial charge in [0.1, 0.15) is 0 Å². The first-order valence-electron chi connectivity index (χ1n) is 4.07. The predicted molar refractivity (Wildman–Crippen MR) is 66.0 cm³/mol. The Labute approximate surface area is 104 Å². The maximum Gasteiger partial charge on any atom is 0.279 e. The van der Waals surface area contributed by atoms with Crippen molar-refractivity contribution in [3.63, 3.8) is 0 Å². The van der Waals surface area contributed by atoms with Gasteiger partial charge < -0.3 is 0 Å². The van der Waals surface area contributed by atoms with E-state index in [-0.39, 0.29) is 5.91 Å². The molecule has 0 saturated heterocycles. The molecule has 0 aliphatic heterocycles. The highest BCUT2D eigenvalue weighted by atomic mass is 127. The van der Waals surface area contributed by atoms with Gasteiger partial charge in [-0.2, -0.15) is 5.10 Å². The molecule has 7 heteroatoms. The number of carbonyl (C=O) groups is 1. The van der Waals surface area contributed by atoms with Crippen LogP contribution in [0.25, 0.3) is 0 Å². The summed E-state index contributed by atoms with van der Waals surface area (Å²) in [4.78, 5) is 15.7. The summed E-state index contributed by atoms with van der Waals surface area (Å²) in [6.07, 6.45) is 3.43. The van der Waals surface area contributed by atoms with Crippen LogP contribution in [-0.4, -0.2) is 20.7 Å². The van der Waals surface area contributed by atoms with Crippen LogP contribution in [0.15, 0.2) is 17.8 Å². The van der Waals surface area contributed by atoms with Crippen molar-refractivity contribution in [3.05, 3.63) is 27.0 Å². The number of nitrogens with zero attached hydrogens (tertiary/aromatic N) is 3. The van der Waals surface area contributed by atoms with Crippen molar-refractivity contribution in [2.24, 2.45) is 7.05 Å². The van der Waals surface area contributed by atoms with Crippen LogP contribution < -0.4 is 5.32 Å². The standard InChI is InChI=1S/C8H7IN4OS/c1-13-4-5(9)6(12-13)7(14)11-8-10-2-3-15-8/h2-4H,1H3,(H,10,11,14). The van der Waals surface area contributed by atoms with Crippen LogP contribution in [-0.2, 0) is 7.05 Å². The van der Waals surface area contributed by atoms with Gasteiger partial charge in [-0.25, -0.2) is 4.98 Å². The van der Waals surface area contributed by atoms with E-state index in [1.54, 1.807) is 29.5 Å². The summed E-state index contributed by atoms with van der Waals surface area (Å²) in [6, 6.07) is 0. The number of nitrogens with one attached hydrogen (secondary N) is 1. The highest BCUT2D eigenvalue weighted by Gasteiger charge is 2.14. The fourth-order valence-corrected chi connectivity index (χ4v) is 2.33. The molecule has 2 aromatic rings. The van der Waals surface area contributed by atoms with E-state index >= 15 is 0 Å². The van der Waals surface area contributed by atoms with Gasteiger partial charge in [-0.3, -0.25) is 14.8 Å². The molecule has 0 aliphatic carbocycles. The summed E-state index contributed by atoms with van der Waals surface area (Å²) in [5, 5.41) is 9.13. The normalized spacial score (nSPS) is 10.3. The molecule has 0 unspecified atom stereocenters. The molecule has 0 aromatic carbocycles. The Balaban J connectivity index is 2.18. The van der Waals surface area contributed by atoms with E-state index in [4.69, 9.17) is 0 Å². The molecule has 2 heterocycles. The van der Waals surface area contributed by atoms with E-state index in [0.717, 1.165) is 3.57 Å². The van der Waals surface area contributed by atoms with Crippen molar-refractivity contribution in [2.45, 2.75) is 0 Å². The molecule has 0 saturated carbocycles. The van der Waals surface area contributed by atoms with E-state index < -0.39 is 0 Å². The Morgan fingerprint density at radius 1 is 1.67 bits per heavy atom. The quantitative estimate of drug-likeness (QED) is 0.851. The lowest BCUT2D eigenvalue weighted by Gasteiger charge is -1.97. The number of aromatic nitrogens is 3. The Kier molecular flexibility index (Phi) is 3.00. The van der Waals surface area contributed by atoms with E-state index in [1.807, 2.05) is 0 Å². The van der Waals surface area contributed by atoms with E-state index in [0.29, 0.717) is 10.8 Å². The fraction of sp³-hybridized carbons (Fsp3) is 0.125. The number of halogens is 1. The number of hydrogen-bond donors (Lipinski definition) is 1. The van der Waals surface area contributed by atoms with Crippen molar-refractivity contribution in [1.29, 1.82) is 0 Å². The third-order valence-corrected chi connectivity index (χ3v) is 3.13. The lowest BCUT2D eigenvalue weighted by molar-refractivity contribution is 0.102. The summed E-state index contributed by atoms with van der Waals surface area (Å²) in [6.45, 7) is 0. The minimum absolute atomic E-state index is 0.227. The van der Waals surface area contributed by atoms with Crippen molar-refractivity contribution >= 4 is 45.0 Å². The van der Waals surface area contributed by atoms with E-state index in [9.17, 15) is 4.79 Å². The number of aryl methyl sites for hydroxylation is 1. The second-order valence-electron chi connectivity index (χ2n) is 2.79. The lowest BCUT2D eigenvalue weighted by atomic mass is 10.4. The topological polar surface area (TPSA) is 59.8 Å². The smallest absolute Gasteiger partial charge is 0.279 e. The molecule has 78 valence electrons. The third-order valence-electron chi connectivity index (χ3n) is 1.65. The molecular weight excluding hydrogens is 327 g/mol. The minimum atomic E-state index is -0.227. The first-order valence-corrected chi connectivity index (χ1v) is 6.02. The number of carbonyl (C=O) groups excluding carboxylic acids is 1. The van der Waals surface area contributed by atoms with Crippen LogP contribution in [0.1, 0.15) is 10.5 Å². The number of hydrogen-bond acceptors (Lipinski definition) is 4. The summed E-state index contributed by atoms with van der Waals surface area (Å²) in [5.74, 6) is -0.227. The molecule has 0 radical (unpaired) electrons. The molecule has 0 atom stereocenters. The zero-order chi connectivity index (χ0) is 10.8.